The SMILES string of the molecule is C=CC(CC(=O)OC)[C@@H]1OC(C)(C)O[C@H]1c1cc(C)cc(C)c1OC. The van der Waals surface area contributed by atoms with Crippen LogP contribution in [0.1, 0.15) is 43.1 Å². The second-order valence-electron chi connectivity index (χ2n) is 6.90. The highest BCUT2D eigenvalue weighted by atomic mass is 16.8. The van der Waals surface area contributed by atoms with Gasteiger partial charge in [-0.3, -0.25) is 4.79 Å². The van der Waals surface area contributed by atoms with E-state index in [0.717, 1.165) is 22.4 Å². The molecule has 1 aromatic carbocycles. The number of ether oxygens (including phenoxy) is 4. The monoisotopic (exact) mass is 348 g/mol. The molecule has 0 amide bonds. The van der Waals surface area contributed by atoms with Crippen LogP contribution in [-0.4, -0.2) is 32.1 Å². The maximum absolute atomic E-state index is 11.8. The summed E-state index contributed by atoms with van der Waals surface area (Å²) in [6.07, 6.45) is 1.19. The number of esters is 1. The van der Waals surface area contributed by atoms with Crippen LogP contribution >= 0.6 is 0 Å². The summed E-state index contributed by atoms with van der Waals surface area (Å²) in [5.41, 5.74) is 3.07. The van der Waals surface area contributed by atoms with E-state index in [9.17, 15) is 4.79 Å². The van der Waals surface area contributed by atoms with Gasteiger partial charge in [-0.2, -0.15) is 0 Å². The third-order valence-corrected chi connectivity index (χ3v) is 4.44. The molecule has 1 fully saturated rings. The van der Waals surface area contributed by atoms with Crippen molar-refractivity contribution in [3.63, 3.8) is 0 Å². The Hall–Kier alpha value is -1.85. The Morgan fingerprint density at radius 2 is 2.00 bits per heavy atom. The fourth-order valence-electron chi connectivity index (χ4n) is 3.43. The highest BCUT2D eigenvalue weighted by Gasteiger charge is 2.46. The Labute approximate surface area is 149 Å². The number of rotatable bonds is 6. The van der Waals surface area contributed by atoms with Crippen LogP contribution in [0.15, 0.2) is 24.8 Å². The van der Waals surface area contributed by atoms with Gasteiger partial charge >= 0.3 is 5.97 Å². The number of hydrogen-bond donors (Lipinski definition) is 0. The number of carbonyl (C=O) groups excluding carboxylic acids is 1. The first-order valence-electron chi connectivity index (χ1n) is 8.42. The van der Waals surface area contributed by atoms with E-state index < -0.39 is 5.79 Å². The van der Waals surface area contributed by atoms with Gasteiger partial charge in [0.15, 0.2) is 5.79 Å². The van der Waals surface area contributed by atoms with Crippen molar-refractivity contribution >= 4 is 5.97 Å². The smallest absolute Gasteiger partial charge is 0.306 e. The topological polar surface area (TPSA) is 54.0 Å². The molecule has 0 radical (unpaired) electrons. The largest absolute Gasteiger partial charge is 0.496 e. The van der Waals surface area contributed by atoms with Gasteiger partial charge in [0.25, 0.3) is 0 Å². The molecular formula is C20H28O5. The Balaban J connectivity index is 2.46. The molecule has 1 aromatic rings. The van der Waals surface area contributed by atoms with E-state index in [-0.39, 0.29) is 30.5 Å². The maximum atomic E-state index is 11.8. The van der Waals surface area contributed by atoms with E-state index in [0.29, 0.717) is 0 Å². The fourth-order valence-corrected chi connectivity index (χ4v) is 3.43. The van der Waals surface area contributed by atoms with Crippen LogP contribution in [0.5, 0.6) is 5.75 Å². The van der Waals surface area contributed by atoms with Crippen molar-refractivity contribution in [1.29, 1.82) is 0 Å². The quantitative estimate of drug-likeness (QED) is 0.577. The molecule has 3 atom stereocenters. The van der Waals surface area contributed by atoms with Gasteiger partial charge in [0.2, 0.25) is 0 Å². The summed E-state index contributed by atoms with van der Waals surface area (Å²) in [7, 11) is 3.03. The summed E-state index contributed by atoms with van der Waals surface area (Å²) < 4.78 is 22.8. The molecule has 1 aliphatic heterocycles. The van der Waals surface area contributed by atoms with Crippen molar-refractivity contribution in [2.75, 3.05) is 14.2 Å². The first-order chi connectivity index (χ1) is 11.7. The minimum absolute atomic E-state index is 0.188. The Morgan fingerprint density at radius 3 is 2.56 bits per heavy atom. The van der Waals surface area contributed by atoms with Crippen molar-refractivity contribution in [1.82, 2.24) is 0 Å². The van der Waals surface area contributed by atoms with Crippen LogP contribution in [0.3, 0.4) is 0 Å². The Kier molecular flexibility index (Phi) is 5.91. The molecule has 1 saturated heterocycles. The lowest BCUT2D eigenvalue weighted by Crippen LogP contribution is -2.28. The minimum Gasteiger partial charge on any atom is -0.496 e. The molecule has 0 spiro atoms. The first-order valence-corrected chi connectivity index (χ1v) is 8.42. The number of hydrogen-bond acceptors (Lipinski definition) is 5. The predicted molar refractivity (Wildman–Crippen MR) is 95.6 cm³/mol. The molecule has 0 N–H and O–H groups in total. The molecule has 5 heteroatoms. The van der Waals surface area contributed by atoms with Crippen LogP contribution < -0.4 is 4.74 Å². The lowest BCUT2D eigenvalue weighted by molar-refractivity contribution is -0.153. The summed E-state index contributed by atoms with van der Waals surface area (Å²) in [5, 5.41) is 0. The van der Waals surface area contributed by atoms with Crippen molar-refractivity contribution in [3.05, 3.63) is 41.5 Å². The summed E-state index contributed by atoms with van der Waals surface area (Å²) in [6.45, 7) is 11.6. The van der Waals surface area contributed by atoms with Crippen LogP contribution in [0.25, 0.3) is 0 Å². The van der Waals surface area contributed by atoms with Crippen LogP contribution in [0.2, 0.25) is 0 Å². The van der Waals surface area contributed by atoms with Gasteiger partial charge in [-0.15, -0.1) is 6.58 Å². The molecule has 5 nitrogen and oxygen atoms in total. The third kappa shape index (κ3) is 4.22. The Morgan fingerprint density at radius 1 is 1.32 bits per heavy atom. The Bertz CT molecular complexity index is 650. The molecule has 0 saturated carbocycles. The number of carbonyl (C=O) groups is 1. The molecule has 25 heavy (non-hydrogen) atoms. The van der Waals surface area contributed by atoms with Gasteiger partial charge in [0.05, 0.1) is 26.7 Å². The van der Waals surface area contributed by atoms with Gasteiger partial charge in [0, 0.05) is 11.5 Å². The van der Waals surface area contributed by atoms with E-state index in [1.54, 1.807) is 13.2 Å². The van der Waals surface area contributed by atoms with E-state index in [4.69, 9.17) is 18.9 Å². The molecule has 0 aromatic heterocycles. The summed E-state index contributed by atoms with van der Waals surface area (Å²) in [5.74, 6) is -0.521. The zero-order valence-corrected chi connectivity index (χ0v) is 15.9. The predicted octanol–water partition coefficient (Wildman–Crippen LogP) is 3.87. The van der Waals surface area contributed by atoms with E-state index in [1.165, 1.54) is 7.11 Å². The van der Waals surface area contributed by atoms with Gasteiger partial charge in [-0.05, 0) is 39.3 Å². The fraction of sp³-hybridized carbons (Fsp3) is 0.550. The number of aryl methyl sites for hydroxylation is 2. The standard InChI is InChI=1S/C20H28O5/c1-8-14(11-16(21)22-6)18-19(25-20(4,5)24-18)15-10-12(2)9-13(3)17(15)23-7/h8-10,14,18-19H,1,11H2,2-7H3/t14?,18-,19-/m0/s1. The van der Waals surface area contributed by atoms with Crippen molar-refractivity contribution in [2.24, 2.45) is 5.92 Å². The lowest BCUT2D eigenvalue weighted by Gasteiger charge is -2.25. The second kappa shape index (κ2) is 7.58. The first kappa shape index (κ1) is 19.5. The van der Waals surface area contributed by atoms with Gasteiger partial charge < -0.3 is 18.9 Å². The zero-order valence-electron chi connectivity index (χ0n) is 15.9. The van der Waals surface area contributed by atoms with Crippen molar-refractivity contribution in [2.45, 2.75) is 52.1 Å². The molecule has 138 valence electrons. The molecule has 0 aliphatic carbocycles. The molecule has 0 bridgehead atoms. The average Bonchev–Trinajstić information content (AvgIpc) is 2.87. The number of methoxy groups -OCH3 is 2. The zero-order chi connectivity index (χ0) is 18.8. The maximum Gasteiger partial charge on any atom is 0.306 e. The van der Waals surface area contributed by atoms with Crippen LogP contribution in [-0.2, 0) is 19.0 Å². The van der Waals surface area contributed by atoms with Gasteiger partial charge in [-0.1, -0.05) is 17.7 Å². The lowest BCUT2D eigenvalue weighted by atomic mass is 9.89. The van der Waals surface area contributed by atoms with Crippen LogP contribution in [0.4, 0.5) is 0 Å². The molecule has 1 aliphatic rings. The average molecular weight is 348 g/mol. The van der Waals surface area contributed by atoms with Crippen molar-refractivity contribution in [3.8, 4) is 5.75 Å². The summed E-state index contributed by atoms with van der Waals surface area (Å²) >= 11 is 0. The molecule has 1 unspecified atom stereocenters. The highest BCUT2D eigenvalue weighted by molar-refractivity contribution is 5.69. The van der Waals surface area contributed by atoms with E-state index >= 15 is 0 Å². The molecular weight excluding hydrogens is 320 g/mol. The highest BCUT2D eigenvalue weighted by Crippen LogP contribution is 2.46. The van der Waals surface area contributed by atoms with Gasteiger partial charge in [-0.25, -0.2) is 0 Å². The summed E-state index contributed by atoms with van der Waals surface area (Å²) in [6, 6.07) is 4.12. The number of benzene rings is 1. The third-order valence-electron chi connectivity index (χ3n) is 4.44. The normalized spacial score (nSPS) is 23.1. The van der Waals surface area contributed by atoms with Gasteiger partial charge in [0.1, 0.15) is 11.9 Å². The molecule has 1 heterocycles. The second-order valence-corrected chi connectivity index (χ2v) is 6.90. The van der Waals surface area contributed by atoms with Crippen molar-refractivity contribution < 1.29 is 23.7 Å². The van der Waals surface area contributed by atoms with E-state index in [1.807, 2.05) is 33.8 Å². The summed E-state index contributed by atoms with van der Waals surface area (Å²) in [4.78, 5) is 11.8. The molecule has 2 rings (SSSR count). The van der Waals surface area contributed by atoms with E-state index in [2.05, 4.69) is 12.6 Å². The minimum atomic E-state index is -0.768. The van der Waals surface area contributed by atoms with Crippen LogP contribution in [0, 0.1) is 19.8 Å².